The Hall–Kier alpha value is -4.95. The van der Waals surface area contributed by atoms with Crippen LogP contribution in [0.4, 0.5) is 0 Å². The van der Waals surface area contributed by atoms with Gasteiger partial charge in [-0.15, -0.1) is 13.2 Å². The lowest BCUT2D eigenvalue weighted by atomic mass is 9.96. The number of amides is 2. The van der Waals surface area contributed by atoms with Gasteiger partial charge in [-0.2, -0.15) is 0 Å². The van der Waals surface area contributed by atoms with Gasteiger partial charge in [-0.25, -0.2) is 0 Å². The molecule has 3 aromatic carbocycles. The fraction of sp³-hybridized carbons (Fsp3) is 0.308. The van der Waals surface area contributed by atoms with E-state index in [0.29, 0.717) is 25.8 Å². The molecule has 1 aromatic heterocycles. The number of H-pyrrole nitrogens is 1. The Morgan fingerprint density at radius 1 is 0.851 bits per heavy atom. The third-order valence-corrected chi connectivity index (χ3v) is 8.21. The van der Waals surface area contributed by atoms with Gasteiger partial charge in [0.25, 0.3) is 0 Å². The summed E-state index contributed by atoms with van der Waals surface area (Å²) in [4.78, 5) is 45.4. The molecule has 0 aliphatic heterocycles. The maximum atomic E-state index is 13.8. The van der Waals surface area contributed by atoms with Gasteiger partial charge in [-0.1, -0.05) is 91.0 Å². The molecule has 4 rings (SSSR count). The number of hydrogen-bond acceptors (Lipinski definition) is 5. The minimum absolute atomic E-state index is 0.0358. The van der Waals surface area contributed by atoms with Crippen molar-refractivity contribution in [2.24, 2.45) is 11.8 Å². The molecule has 47 heavy (non-hydrogen) atoms. The van der Waals surface area contributed by atoms with E-state index in [1.54, 1.807) is 17.1 Å². The summed E-state index contributed by atoms with van der Waals surface area (Å²) >= 11 is 0. The van der Waals surface area contributed by atoms with Gasteiger partial charge < -0.3 is 25.0 Å². The number of carbonyl (C=O) groups excluding carboxylic acids is 3. The Labute approximate surface area is 277 Å². The Morgan fingerprint density at radius 3 is 2.17 bits per heavy atom. The second-order valence-electron chi connectivity index (χ2n) is 11.8. The Balaban J connectivity index is 1.49. The van der Waals surface area contributed by atoms with Gasteiger partial charge in [-0.3, -0.25) is 14.4 Å². The van der Waals surface area contributed by atoms with Crippen LogP contribution in [0.3, 0.4) is 0 Å². The summed E-state index contributed by atoms with van der Waals surface area (Å²) in [6, 6.07) is 26.6. The third kappa shape index (κ3) is 10.5. The van der Waals surface area contributed by atoms with Gasteiger partial charge in [0.15, 0.2) is 0 Å². The highest BCUT2D eigenvalue weighted by atomic mass is 16.5. The van der Waals surface area contributed by atoms with Crippen LogP contribution in [0.15, 0.2) is 116 Å². The van der Waals surface area contributed by atoms with E-state index in [2.05, 4.69) is 23.5 Å². The summed E-state index contributed by atoms with van der Waals surface area (Å²) in [5.74, 6) is -2.02. The summed E-state index contributed by atoms with van der Waals surface area (Å²) in [5, 5.41) is 13.8. The fourth-order valence-electron chi connectivity index (χ4n) is 5.74. The molecular formula is C39H45N3O5. The number of carbonyl (C=O) groups is 3. The number of benzene rings is 3. The van der Waals surface area contributed by atoms with Gasteiger partial charge >= 0.3 is 5.97 Å². The number of aromatic amines is 1. The van der Waals surface area contributed by atoms with Gasteiger partial charge in [0.2, 0.25) is 11.8 Å². The molecule has 0 aliphatic carbocycles. The molecule has 3 N–H and O–H groups in total. The average molecular weight is 636 g/mol. The van der Waals surface area contributed by atoms with Crippen molar-refractivity contribution in [2.75, 3.05) is 19.8 Å². The van der Waals surface area contributed by atoms with Gasteiger partial charge in [-0.05, 0) is 48.4 Å². The smallest absolute Gasteiger partial charge is 0.309 e. The molecule has 0 unspecified atom stereocenters. The van der Waals surface area contributed by atoms with Crippen molar-refractivity contribution in [3.8, 4) is 0 Å². The first-order valence-corrected chi connectivity index (χ1v) is 16.1. The number of ether oxygens (including phenoxy) is 1. The van der Waals surface area contributed by atoms with Crippen LogP contribution in [0.5, 0.6) is 0 Å². The SMILES string of the molecule is C=CC[C@@H](CC(=O)N(CCO)Cc1ccccc1)C(=O)N[C@H](COC(=O)[C@H](CC=C)Cc1ccccc1)Cc1c[nH]c2ccccc12. The van der Waals surface area contributed by atoms with E-state index in [1.807, 2.05) is 91.1 Å². The third-order valence-electron chi connectivity index (χ3n) is 8.21. The van der Waals surface area contributed by atoms with Gasteiger partial charge in [0.05, 0.1) is 24.5 Å². The highest BCUT2D eigenvalue weighted by Crippen LogP contribution is 2.21. The number of para-hydroxylation sites is 1. The number of aromatic nitrogens is 1. The first-order chi connectivity index (χ1) is 22.9. The summed E-state index contributed by atoms with van der Waals surface area (Å²) in [5.41, 5.74) is 3.90. The molecule has 2 amide bonds. The minimum atomic E-state index is -0.690. The van der Waals surface area contributed by atoms with E-state index in [9.17, 15) is 19.5 Å². The molecule has 0 aliphatic rings. The Kier molecular flexibility index (Phi) is 13.6. The first-order valence-electron chi connectivity index (χ1n) is 16.1. The molecule has 246 valence electrons. The monoisotopic (exact) mass is 635 g/mol. The van der Waals surface area contributed by atoms with Crippen molar-refractivity contribution in [1.29, 1.82) is 0 Å². The van der Waals surface area contributed by atoms with Crippen LogP contribution in [0.2, 0.25) is 0 Å². The molecule has 0 bridgehead atoms. The van der Waals surface area contributed by atoms with Crippen LogP contribution in [-0.4, -0.2) is 58.6 Å². The normalized spacial score (nSPS) is 12.9. The lowest BCUT2D eigenvalue weighted by Gasteiger charge is -2.26. The number of aliphatic hydroxyl groups is 1. The quantitative estimate of drug-likeness (QED) is 0.0894. The maximum Gasteiger partial charge on any atom is 0.309 e. The number of aliphatic hydroxyl groups excluding tert-OH is 1. The number of esters is 1. The molecule has 4 aromatic rings. The van der Waals surface area contributed by atoms with Crippen LogP contribution in [0, 0.1) is 11.8 Å². The van der Waals surface area contributed by atoms with Crippen molar-refractivity contribution in [3.63, 3.8) is 0 Å². The number of rotatable bonds is 19. The van der Waals surface area contributed by atoms with E-state index >= 15 is 0 Å². The molecule has 0 radical (unpaired) electrons. The molecule has 8 nitrogen and oxygen atoms in total. The largest absolute Gasteiger partial charge is 0.463 e. The summed E-state index contributed by atoms with van der Waals surface area (Å²) < 4.78 is 5.88. The van der Waals surface area contributed by atoms with Crippen LogP contribution in [0.1, 0.15) is 36.0 Å². The van der Waals surface area contributed by atoms with Crippen molar-refractivity contribution in [3.05, 3.63) is 133 Å². The van der Waals surface area contributed by atoms with E-state index in [0.717, 1.165) is 27.6 Å². The van der Waals surface area contributed by atoms with E-state index in [-0.39, 0.29) is 50.4 Å². The highest BCUT2D eigenvalue weighted by molar-refractivity contribution is 5.86. The summed E-state index contributed by atoms with van der Waals surface area (Å²) in [6.45, 7) is 7.90. The van der Waals surface area contributed by atoms with Gasteiger partial charge in [0, 0.05) is 36.6 Å². The average Bonchev–Trinajstić information content (AvgIpc) is 3.49. The lowest BCUT2D eigenvalue weighted by molar-refractivity contribution is -0.149. The number of allylic oxidation sites excluding steroid dienone is 2. The fourth-order valence-corrected chi connectivity index (χ4v) is 5.74. The maximum absolute atomic E-state index is 13.8. The van der Waals surface area contributed by atoms with Crippen LogP contribution < -0.4 is 5.32 Å². The van der Waals surface area contributed by atoms with Gasteiger partial charge in [0.1, 0.15) is 6.61 Å². The van der Waals surface area contributed by atoms with Crippen molar-refractivity contribution < 1.29 is 24.2 Å². The standard InChI is InChI=1S/C39H45N3O5/c1-3-13-31(25-37(44)42(21-22-43)27-30-17-9-6-10-18-30)38(45)41-34(24-33-26-40-36-20-12-11-19-35(33)36)28-47-39(46)32(14-4-2)23-29-15-7-5-8-16-29/h3-12,15-20,26,31-32,34,40,43H,1-2,13-14,21-25,27-28H2,(H,41,45)/t31-,32+,34-/m0/s1. The second-order valence-corrected chi connectivity index (χ2v) is 11.8. The number of nitrogens with one attached hydrogen (secondary N) is 2. The van der Waals surface area contributed by atoms with Crippen LogP contribution in [-0.2, 0) is 38.5 Å². The zero-order valence-electron chi connectivity index (χ0n) is 26.9. The Bertz CT molecular complexity index is 1600. The van der Waals surface area contributed by atoms with Crippen molar-refractivity contribution >= 4 is 28.7 Å². The van der Waals surface area contributed by atoms with E-state index in [1.165, 1.54) is 0 Å². The number of hydrogen-bond donors (Lipinski definition) is 3. The highest BCUT2D eigenvalue weighted by Gasteiger charge is 2.28. The minimum Gasteiger partial charge on any atom is -0.463 e. The number of fused-ring (bicyclic) bond motifs is 1. The first kappa shape index (κ1) is 34.9. The second kappa shape index (κ2) is 18.3. The lowest BCUT2D eigenvalue weighted by Crippen LogP contribution is -2.45. The number of nitrogens with zero attached hydrogens (tertiary/aromatic N) is 1. The predicted octanol–water partition coefficient (Wildman–Crippen LogP) is 5.78. The van der Waals surface area contributed by atoms with Crippen LogP contribution >= 0.6 is 0 Å². The Morgan fingerprint density at radius 2 is 1.49 bits per heavy atom. The van der Waals surface area contributed by atoms with Crippen molar-refractivity contribution in [2.45, 2.75) is 44.7 Å². The topological polar surface area (TPSA) is 112 Å². The zero-order valence-corrected chi connectivity index (χ0v) is 26.9. The molecular weight excluding hydrogens is 590 g/mol. The van der Waals surface area contributed by atoms with Crippen molar-refractivity contribution in [1.82, 2.24) is 15.2 Å². The molecule has 3 atom stereocenters. The molecule has 0 fully saturated rings. The molecule has 0 saturated heterocycles. The summed E-state index contributed by atoms with van der Waals surface area (Å²) in [6.07, 6.45) is 6.87. The summed E-state index contributed by atoms with van der Waals surface area (Å²) in [7, 11) is 0. The molecule has 1 heterocycles. The zero-order chi connectivity index (χ0) is 33.4. The molecule has 0 saturated carbocycles. The van der Waals surface area contributed by atoms with E-state index < -0.39 is 17.9 Å². The van der Waals surface area contributed by atoms with E-state index in [4.69, 9.17) is 4.74 Å². The van der Waals surface area contributed by atoms with Crippen LogP contribution in [0.25, 0.3) is 10.9 Å². The molecule has 0 spiro atoms. The molecule has 8 heteroatoms. The predicted molar refractivity (Wildman–Crippen MR) is 185 cm³/mol.